The van der Waals surface area contributed by atoms with Gasteiger partial charge in [0.1, 0.15) is 0 Å². The van der Waals surface area contributed by atoms with E-state index in [0.29, 0.717) is 11.8 Å². The first kappa shape index (κ1) is 32.4. The summed E-state index contributed by atoms with van der Waals surface area (Å²) in [5.74, 6) is 3.18. The molecule has 0 aliphatic rings. The summed E-state index contributed by atoms with van der Waals surface area (Å²) in [6, 6.07) is 0. The van der Waals surface area contributed by atoms with E-state index in [1.165, 1.54) is 12.8 Å². The SMILES string of the molecule is CC(C)C[S-].CC(C)C[S-].C[CH]CC.C[CH]CC.[Sn+2]. The second kappa shape index (κ2) is 36.6. The first-order valence-corrected chi connectivity index (χ1v) is 8.24. The van der Waals surface area contributed by atoms with Crippen molar-refractivity contribution in [2.45, 2.75) is 68.2 Å². The van der Waals surface area contributed by atoms with E-state index in [9.17, 15) is 0 Å². The van der Waals surface area contributed by atoms with Gasteiger partial charge in [0.15, 0.2) is 0 Å². The summed E-state index contributed by atoms with van der Waals surface area (Å²) in [6.07, 6.45) is 6.64. The maximum absolute atomic E-state index is 4.68. The molecule has 3 heteroatoms. The van der Waals surface area contributed by atoms with Crippen LogP contribution in [0.2, 0.25) is 0 Å². The summed E-state index contributed by atoms with van der Waals surface area (Å²) in [4.78, 5) is 0. The molecule has 0 spiro atoms. The maximum Gasteiger partial charge on any atom is 2.00 e. The van der Waals surface area contributed by atoms with Crippen LogP contribution < -0.4 is 0 Å². The number of unbranched alkanes of at least 4 members (excludes halogenated alkanes) is 2. The molecule has 0 amide bonds. The second-order valence-corrected chi connectivity index (χ2v) is 5.42. The molecule has 0 aromatic rings. The third-order valence-electron chi connectivity index (χ3n) is 1.48. The molecule has 0 unspecified atom stereocenters. The first-order valence-electron chi connectivity index (χ1n) is 7.09. The molecule has 0 heterocycles. The Bertz CT molecular complexity index is 80.7. The van der Waals surface area contributed by atoms with E-state index in [4.69, 9.17) is 0 Å². The predicted octanol–water partition coefficient (Wildman–Crippen LogP) is 5.24. The summed E-state index contributed by atoms with van der Waals surface area (Å²) in [5, 5.41) is 0. The average Bonchev–Trinajstić information content (AvgIpc) is 2.39. The average molecular weight is 411 g/mol. The molecule has 0 aromatic heterocycles. The van der Waals surface area contributed by atoms with Crippen molar-refractivity contribution in [3.63, 3.8) is 0 Å². The van der Waals surface area contributed by atoms with E-state index < -0.39 is 0 Å². The van der Waals surface area contributed by atoms with Gasteiger partial charge in [-0.25, -0.2) is 0 Å². The van der Waals surface area contributed by atoms with Crippen molar-refractivity contribution in [1.82, 2.24) is 0 Å². The monoisotopic (exact) mass is 412 g/mol. The zero-order valence-corrected chi connectivity index (χ0v) is 18.9. The van der Waals surface area contributed by atoms with Crippen LogP contribution in [0.1, 0.15) is 68.2 Å². The maximum atomic E-state index is 4.68. The largest absolute Gasteiger partial charge is 2.00 e. The third kappa shape index (κ3) is 106. The standard InChI is InChI=1S/2C4H10S.2C4H9.Sn/c2*1-4(2)3-5;2*1-3-4-2;/h2*4-5H,3H2,1-2H3;2*3H,4H2,1-2H3;/q;;;;+2/p-2. The van der Waals surface area contributed by atoms with Crippen molar-refractivity contribution < 1.29 is 0 Å². The molecule has 0 aliphatic carbocycles. The van der Waals surface area contributed by atoms with Gasteiger partial charge in [0.2, 0.25) is 0 Å². The molecule has 0 N–H and O–H groups in total. The minimum Gasteiger partial charge on any atom is -0.792 e. The van der Waals surface area contributed by atoms with Gasteiger partial charge < -0.3 is 25.3 Å². The van der Waals surface area contributed by atoms with Gasteiger partial charge in [0.05, 0.1) is 0 Å². The van der Waals surface area contributed by atoms with E-state index in [0.717, 1.165) is 11.5 Å². The van der Waals surface area contributed by atoms with Crippen molar-refractivity contribution in [3.8, 4) is 0 Å². The number of hydrogen-bond acceptors (Lipinski definition) is 2. The zero-order chi connectivity index (χ0) is 15.4. The molecule has 0 aliphatic heterocycles. The van der Waals surface area contributed by atoms with Crippen LogP contribution in [-0.4, -0.2) is 35.4 Å². The Kier molecular flexibility index (Phi) is 62.5. The smallest absolute Gasteiger partial charge is 0.792 e. The first-order chi connectivity index (χ1) is 8.37. The topological polar surface area (TPSA) is 0 Å². The van der Waals surface area contributed by atoms with Crippen LogP contribution in [0.4, 0.5) is 0 Å². The van der Waals surface area contributed by atoms with Crippen molar-refractivity contribution in [1.29, 1.82) is 0 Å². The van der Waals surface area contributed by atoms with Crippen molar-refractivity contribution >= 4 is 49.2 Å². The van der Waals surface area contributed by atoms with Crippen LogP contribution in [0.25, 0.3) is 0 Å². The van der Waals surface area contributed by atoms with Gasteiger partial charge in [-0.1, -0.05) is 80.1 Å². The summed E-state index contributed by atoms with van der Waals surface area (Å²) >= 11 is 9.35. The number of hydrogen-bond donors (Lipinski definition) is 0. The van der Waals surface area contributed by atoms with Crippen molar-refractivity contribution in [2.75, 3.05) is 11.5 Å². The Morgan fingerprint density at radius 3 is 0.842 bits per heavy atom. The van der Waals surface area contributed by atoms with Crippen LogP contribution in [0.3, 0.4) is 0 Å². The predicted molar refractivity (Wildman–Crippen MR) is 100 cm³/mol. The normalized spacial score (nSPS) is 8.21. The van der Waals surface area contributed by atoms with Crippen LogP contribution in [0.15, 0.2) is 0 Å². The molecule has 0 saturated heterocycles. The minimum atomic E-state index is 0. The van der Waals surface area contributed by atoms with Crippen LogP contribution in [0, 0.1) is 24.7 Å². The molecule has 0 saturated carbocycles. The Morgan fingerprint density at radius 2 is 0.842 bits per heavy atom. The van der Waals surface area contributed by atoms with E-state index in [-0.39, 0.29) is 23.9 Å². The quantitative estimate of drug-likeness (QED) is 0.459. The van der Waals surface area contributed by atoms with Gasteiger partial charge in [-0.05, 0) is 12.8 Å². The fraction of sp³-hybridized carbons (Fsp3) is 0.875. The van der Waals surface area contributed by atoms with Gasteiger partial charge in [-0.15, -0.1) is 0 Å². The Morgan fingerprint density at radius 1 is 0.737 bits per heavy atom. The Balaban J connectivity index is -0.0000000453. The van der Waals surface area contributed by atoms with Crippen LogP contribution >= 0.6 is 0 Å². The van der Waals surface area contributed by atoms with E-state index >= 15 is 0 Å². The van der Waals surface area contributed by atoms with E-state index in [1.54, 1.807) is 0 Å². The fourth-order valence-electron chi connectivity index (χ4n) is 0. The van der Waals surface area contributed by atoms with Gasteiger partial charge in [0, 0.05) is 0 Å². The van der Waals surface area contributed by atoms with Gasteiger partial charge in [-0.3, -0.25) is 0 Å². The second-order valence-electron chi connectivity index (χ2n) is 4.75. The summed E-state index contributed by atoms with van der Waals surface area (Å²) in [6.45, 7) is 16.8. The van der Waals surface area contributed by atoms with E-state index in [2.05, 4.69) is 93.5 Å². The molecular formula is C16H36S2Sn. The molecule has 4 radical (unpaired) electrons. The summed E-state index contributed by atoms with van der Waals surface area (Å²) < 4.78 is 0. The Labute approximate surface area is 153 Å². The molecule has 0 fully saturated rings. The van der Waals surface area contributed by atoms with E-state index in [1.807, 2.05) is 0 Å². The van der Waals surface area contributed by atoms with Gasteiger partial charge in [0.25, 0.3) is 0 Å². The molecular weight excluding hydrogens is 375 g/mol. The minimum absolute atomic E-state index is 0. The van der Waals surface area contributed by atoms with Crippen LogP contribution in [0.5, 0.6) is 0 Å². The van der Waals surface area contributed by atoms with Gasteiger partial charge in [-0.2, -0.15) is 11.5 Å². The molecule has 0 aromatic carbocycles. The Hall–Kier alpha value is 1.50. The molecule has 0 nitrogen and oxygen atoms in total. The molecule has 0 bridgehead atoms. The van der Waals surface area contributed by atoms with Crippen LogP contribution in [-0.2, 0) is 25.3 Å². The summed E-state index contributed by atoms with van der Waals surface area (Å²) in [5.41, 5.74) is 0. The number of rotatable bonds is 4. The van der Waals surface area contributed by atoms with Crippen molar-refractivity contribution in [3.05, 3.63) is 12.8 Å². The molecule has 0 rings (SSSR count). The molecule has 0 atom stereocenters. The third-order valence-corrected chi connectivity index (χ3v) is 2.82. The molecule has 19 heavy (non-hydrogen) atoms. The van der Waals surface area contributed by atoms with Crippen molar-refractivity contribution in [2.24, 2.45) is 11.8 Å². The molecule has 116 valence electrons. The zero-order valence-electron chi connectivity index (χ0n) is 14.5. The summed E-state index contributed by atoms with van der Waals surface area (Å²) in [7, 11) is 0. The van der Waals surface area contributed by atoms with Gasteiger partial charge >= 0.3 is 23.9 Å². The fourth-order valence-corrected chi connectivity index (χ4v) is 0.